The second-order valence-electron chi connectivity index (χ2n) is 5.42. The van der Waals surface area contributed by atoms with E-state index < -0.39 is 0 Å². The lowest BCUT2D eigenvalue weighted by atomic mass is 10.0. The second kappa shape index (κ2) is 7.60. The summed E-state index contributed by atoms with van der Waals surface area (Å²) in [5.74, 6) is 0. The predicted octanol–water partition coefficient (Wildman–Crippen LogP) is 4.62. The summed E-state index contributed by atoms with van der Waals surface area (Å²) in [5.41, 5.74) is 0. The van der Waals surface area contributed by atoms with Crippen molar-refractivity contribution in [2.75, 3.05) is 13.1 Å². The van der Waals surface area contributed by atoms with Crippen molar-refractivity contribution in [1.82, 2.24) is 4.31 Å². The fourth-order valence-electron chi connectivity index (χ4n) is 2.88. The Bertz CT molecular complexity index is 168. The summed E-state index contributed by atoms with van der Waals surface area (Å²) in [7, 11) is 0. The molecule has 2 fully saturated rings. The molecular formula is C14H27NS. The molecule has 1 aliphatic carbocycles. The minimum Gasteiger partial charge on any atom is -0.250 e. The zero-order valence-corrected chi connectivity index (χ0v) is 11.4. The second-order valence-corrected chi connectivity index (χ2v) is 6.81. The number of hydrogen-bond donors (Lipinski definition) is 0. The molecule has 0 amide bonds. The van der Waals surface area contributed by atoms with Crippen molar-refractivity contribution in [3.05, 3.63) is 0 Å². The molecule has 1 heterocycles. The number of nitrogens with zero attached hydrogens (tertiary/aromatic N) is 1. The first kappa shape index (κ1) is 12.8. The molecule has 2 aliphatic rings. The molecule has 0 atom stereocenters. The molecule has 1 saturated heterocycles. The average Bonchev–Trinajstić information content (AvgIpc) is 2.50. The van der Waals surface area contributed by atoms with Gasteiger partial charge in [-0.1, -0.05) is 56.9 Å². The monoisotopic (exact) mass is 241 g/mol. The van der Waals surface area contributed by atoms with E-state index in [1.54, 1.807) is 0 Å². The van der Waals surface area contributed by atoms with Crippen LogP contribution in [0, 0.1) is 0 Å². The van der Waals surface area contributed by atoms with Crippen LogP contribution in [0.3, 0.4) is 0 Å². The normalized spacial score (nSPS) is 27.0. The third kappa shape index (κ3) is 4.67. The molecule has 0 N–H and O–H groups in total. The van der Waals surface area contributed by atoms with E-state index in [1.807, 2.05) is 0 Å². The van der Waals surface area contributed by atoms with Crippen LogP contribution in [0.15, 0.2) is 0 Å². The highest BCUT2D eigenvalue weighted by Crippen LogP contribution is 2.30. The van der Waals surface area contributed by atoms with Gasteiger partial charge in [-0.3, -0.25) is 4.31 Å². The molecule has 0 radical (unpaired) electrons. The highest BCUT2D eigenvalue weighted by molar-refractivity contribution is 7.97. The summed E-state index contributed by atoms with van der Waals surface area (Å²) in [6.45, 7) is 2.70. The summed E-state index contributed by atoms with van der Waals surface area (Å²) in [4.78, 5) is 0. The van der Waals surface area contributed by atoms with Gasteiger partial charge in [-0.2, -0.15) is 0 Å². The fraction of sp³-hybridized carbons (Fsp3) is 1.00. The molecule has 1 aliphatic heterocycles. The van der Waals surface area contributed by atoms with Crippen molar-refractivity contribution in [2.45, 2.75) is 75.9 Å². The van der Waals surface area contributed by atoms with E-state index in [2.05, 4.69) is 16.3 Å². The Kier molecular flexibility index (Phi) is 6.06. The van der Waals surface area contributed by atoms with Gasteiger partial charge in [0.25, 0.3) is 0 Å². The van der Waals surface area contributed by atoms with E-state index in [9.17, 15) is 0 Å². The molecular weight excluding hydrogens is 214 g/mol. The van der Waals surface area contributed by atoms with Crippen molar-refractivity contribution in [1.29, 1.82) is 0 Å². The Morgan fingerprint density at radius 2 is 1.12 bits per heavy atom. The lowest BCUT2D eigenvalue weighted by molar-refractivity contribution is 0.467. The lowest BCUT2D eigenvalue weighted by Crippen LogP contribution is -2.21. The number of hydrogen-bond acceptors (Lipinski definition) is 2. The van der Waals surface area contributed by atoms with Gasteiger partial charge in [-0.25, -0.2) is 0 Å². The Hall–Kier alpha value is 0.310. The van der Waals surface area contributed by atoms with E-state index in [0.29, 0.717) is 0 Å². The van der Waals surface area contributed by atoms with Crippen LogP contribution in [0.4, 0.5) is 0 Å². The van der Waals surface area contributed by atoms with Gasteiger partial charge < -0.3 is 0 Å². The maximum atomic E-state index is 2.68. The Morgan fingerprint density at radius 3 is 1.75 bits per heavy atom. The third-order valence-electron chi connectivity index (χ3n) is 3.92. The van der Waals surface area contributed by atoms with E-state index in [4.69, 9.17) is 0 Å². The molecule has 2 heteroatoms. The first-order chi connectivity index (χ1) is 7.95. The van der Waals surface area contributed by atoms with Crippen LogP contribution < -0.4 is 0 Å². The molecule has 16 heavy (non-hydrogen) atoms. The molecule has 0 bridgehead atoms. The summed E-state index contributed by atoms with van der Waals surface area (Å²) in [5, 5.41) is 0.943. The van der Waals surface area contributed by atoms with Crippen LogP contribution in [-0.4, -0.2) is 22.6 Å². The van der Waals surface area contributed by atoms with Gasteiger partial charge in [-0.05, 0) is 25.7 Å². The molecule has 0 aromatic heterocycles. The van der Waals surface area contributed by atoms with Crippen LogP contribution in [0.2, 0.25) is 0 Å². The van der Waals surface area contributed by atoms with Gasteiger partial charge in [-0.15, -0.1) is 0 Å². The maximum absolute atomic E-state index is 2.68. The lowest BCUT2D eigenvalue weighted by Gasteiger charge is -2.26. The van der Waals surface area contributed by atoms with Crippen LogP contribution in [0.5, 0.6) is 0 Å². The van der Waals surface area contributed by atoms with Crippen molar-refractivity contribution in [3.63, 3.8) is 0 Å². The SMILES string of the molecule is C1CCCC(SN2CCCCCC2)CCC1. The third-order valence-corrected chi connectivity index (χ3v) is 5.35. The predicted molar refractivity (Wildman–Crippen MR) is 73.7 cm³/mol. The Morgan fingerprint density at radius 1 is 0.625 bits per heavy atom. The molecule has 2 rings (SSSR count). The Balaban J connectivity index is 1.72. The van der Waals surface area contributed by atoms with Crippen molar-refractivity contribution >= 4 is 11.9 Å². The zero-order valence-electron chi connectivity index (χ0n) is 10.6. The summed E-state index contributed by atoms with van der Waals surface area (Å²) in [6.07, 6.45) is 16.1. The minimum absolute atomic E-state index is 0.943. The summed E-state index contributed by atoms with van der Waals surface area (Å²) in [6, 6.07) is 0. The molecule has 0 unspecified atom stereocenters. The van der Waals surface area contributed by atoms with Crippen LogP contribution >= 0.6 is 11.9 Å². The topological polar surface area (TPSA) is 3.24 Å². The van der Waals surface area contributed by atoms with Crippen LogP contribution in [-0.2, 0) is 0 Å². The quantitative estimate of drug-likeness (QED) is 0.649. The molecule has 1 nitrogen and oxygen atoms in total. The van der Waals surface area contributed by atoms with E-state index in [-0.39, 0.29) is 0 Å². The van der Waals surface area contributed by atoms with Gasteiger partial charge in [0.2, 0.25) is 0 Å². The molecule has 0 spiro atoms. The van der Waals surface area contributed by atoms with E-state index in [1.165, 1.54) is 83.7 Å². The van der Waals surface area contributed by atoms with Gasteiger partial charge >= 0.3 is 0 Å². The van der Waals surface area contributed by atoms with Crippen LogP contribution in [0.1, 0.15) is 70.6 Å². The highest BCUT2D eigenvalue weighted by atomic mass is 32.2. The van der Waals surface area contributed by atoms with Crippen molar-refractivity contribution in [3.8, 4) is 0 Å². The smallest absolute Gasteiger partial charge is 0.0195 e. The van der Waals surface area contributed by atoms with E-state index >= 15 is 0 Å². The first-order valence-electron chi connectivity index (χ1n) is 7.37. The summed E-state index contributed by atoms with van der Waals surface area (Å²) < 4.78 is 2.68. The molecule has 94 valence electrons. The standard InChI is InChI=1S/C14H27NS/c1-2-6-10-14(11-7-3-1)16-15-12-8-4-5-9-13-15/h14H,1-13H2. The van der Waals surface area contributed by atoms with Gasteiger partial charge in [0, 0.05) is 18.3 Å². The largest absolute Gasteiger partial charge is 0.250 e. The van der Waals surface area contributed by atoms with Gasteiger partial charge in [0.15, 0.2) is 0 Å². The van der Waals surface area contributed by atoms with Crippen molar-refractivity contribution in [2.24, 2.45) is 0 Å². The zero-order chi connectivity index (χ0) is 11.1. The maximum Gasteiger partial charge on any atom is 0.0195 e. The molecule has 0 aromatic rings. The summed E-state index contributed by atoms with van der Waals surface area (Å²) >= 11 is 2.21. The Labute approximate surface area is 105 Å². The fourth-order valence-corrected chi connectivity index (χ4v) is 4.32. The average molecular weight is 241 g/mol. The molecule has 1 saturated carbocycles. The van der Waals surface area contributed by atoms with Gasteiger partial charge in [0.05, 0.1) is 0 Å². The minimum atomic E-state index is 0.943. The highest BCUT2D eigenvalue weighted by Gasteiger charge is 2.17. The first-order valence-corrected chi connectivity index (χ1v) is 8.20. The van der Waals surface area contributed by atoms with Crippen LogP contribution in [0.25, 0.3) is 0 Å². The van der Waals surface area contributed by atoms with Crippen molar-refractivity contribution < 1.29 is 0 Å². The molecule has 0 aromatic carbocycles. The van der Waals surface area contributed by atoms with Gasteiger partial charge in [0.1, 0.15) is 0 Å². The van der Waals surface area contributed by atoms with E-state index in [0.717, 1.165) is 5.25 Å². The number of rotatable bonds is 2.